The van der Waals surface area contributed by atoms with Crippen LogP contribution in [-0.4, -0.2) is 89.3 Å². The molecule has 0 aromatic heterocycles. The number of guanidine groups is 1. The van der Waals surface area contributed by atoms with Gasteiger partial charge in [-0.2, -0.15) is 0 Å². The zero-order chi connectivity index (χ0) is 22.3. The van der Waals surface area contributed by atoms with Crippen molar-refractivity contribution in [3.8, 4) is 5.75 Å². The molecular weight excluding hydrogens is 408 g/mol. The van der Waals surface area contributed by atoms with Gasteiger partial charge in [0.2, 0.25) is 0 Å². The lowest BCUT2D eigenvalue weighted by atomic mass is 10.2. The third-order valence-electron chi connectivity index (χ3n) is 5.58. The summed E-state index contributed by atoms with van der Waals surface area (Å²) in [6, 6.07) is 8.15. The molecule has 0 radical (unpaired) electrons. The number of benzene rings is 1. The Kier molecular flexibility index (Phi) is 11.7. The van der Waals surface area contributed by atoms with Gasteiger partial charge in [-0.3, -0.25) is 4.90 Å². The molecule has 0 saturated carbocycles. The van der Waals surface area contributed by atoms with E-state index >= 15 is 0 Å². The Balaban J connectivity index is 1.38. The summed E-state index contributed by atoms with van der Waals surface area (Å²) in [4.78, 5) is 7.13. The number of ether oxygens (including phenoxy) is 4. The highest BCUT2D eigenvalue weighted by molar-refractivity contribution is 5.79. The third-order valence-corrected chi connectivity index (χ3v) is 5.58. The molecule has 2 saturated heterocycles. The van der Waals surface area contributed by atoms with Gasteiger partial charge in [0.15, 0.2) is 5.96 Å². The number of nitrogens with zero attached hydrogens (tertiary/aromatic N) is 2. The van der Waals surface area contributed by atoms with Crippen LogP contribution < -0.4 is 15.4 Å². The summed E-state index contributed by atoms with van der Waals surface area (Å²) in [5, 5.41) is 6.71. The molecule has 2 N–H and O–H groups in total. The number of hydrogen-bond donors (Lipinski definition) is 2. The van der Waals surface area contributed by atoms with Gasteiger partial charge in [0.1, 0.15) is 12.4 Å². The minimum atomic E-state index is 0.290. The standard InChI is InChI=1S/C24H40N4O4/c1-2-25-24(26-10-6-14-30-20-22-8-5-15-31-22)27-19-21-7-3-4-9-23(21)32-18-13-28-11-16-29-17-12-28/h3-4,7,9,22H,2,5-6,8,10-20H2,1H3,(H2,25,26,27). The molecule has 2 fully saturated rings. The van der Waals surface area contributed by atoms with E-state index in [0.29, 0.717) is 19.8 Å². The summed E-state index contributed by atoms with van der Waals surface area (Å²) in [5.74, 6) is 1.72. The molecule has 1 aromatic rings. The predicted molar refractivity (Wildman–Crippen MR) is 126 cm³/mol. The molecule has 1 atom stereocenters. The molecule has 0 bridgehead atoms. The largest absolute Gasteiger partial charge is 0.492 e. The second kappa shape index (κ2) is 15.1. The van der Waals surface area contributed by atoms with Crippen LogP contribution >= 0.6 is 0 Å². The van der Waals surface area contributed by atoms with E-state index in [0.717, 1.165) is 95.7 Å². The molecule has 2 aliphatic rings. The van der Waals surface area contributed by atoms with Gasteiger partial charge >= 0.3 is 0 Å². The second-order valence-corrected chi connectivity index (χ2v) is 8.10. The van der Waals surface area contributed by atoms with Crippen LogP contribution in [0.25, 0.3) is 0 Å². The van der Waals surface area contributed by atoms with Gasteiger partial charge in [-0.1, -0.05) is 18.2 Å². The second-order valence-electron chi connectivity index (χ2n) is 8.10. The number of morpholine rings is 1. The van der Waals surface area contributed by atoms with Gasteiger partial charge in [-0.25, -0.2) is 4.99 Å². The van der Waals surface area contributed by atoms with E-state index in [1.54, 1.807) is 0 Å². The van der Waals surface area contributed by atoms with E-state index in [1.807, 2.05) is 18.2 Å². The maximum Gasteiger partial charge on any atom is 0.191 e. The number of rotatable bonds is 13. The minimum Gasteiger partial charge on any atom is -0.492 e. The van der Waals surface area contributed by atoms with E-state index in [4.69, 9.17) is 23.9 Å². The first-order valence-corrected chi connectivity index (χ1v) is 12.1. The lowest BCUT2D eigenvalue weighted by Gasteiger charge is -2.26. The van der Waals surface area contributed by atoms with Crippen LogP contribution in [0.4, 0.5) is 0 Å². The van der Waals surface area contributed by atoms with Gasteiger partial charge in [-0.15, -0.1) is 0 Å². The summed E-state index contributed by atoms with van der Waals surface area (Å²) < 4.78 is 22.8. The summed E-state index contributed by atoms with van der Waals surface area (Å²) in [5.41, 5.74) is 1.09. The number of nitrogens with one attached hydrogen (secondary N) is 2. The van der Waals surface area contributed by atoms with Gasteiger partial charge in [-0.05, 0) is 32.3 Å². The Labute approximate surface area is 192 Å². The molecule has 32 heavy (non-hydrogen) atoms. The first kappa shape index (κ1) is 24.8. The zero-order valence-corrected chi connectivity index (χ0v) is 19.5. The molecule has 0 amide bonds. The maximum absolute atomic E-state index is 6.08. The third kappa shape index (κ3) is 9.32. The highest BCUT2D eigenvalue weighted by Crippen LogP contribution is 2.19. The van der Waals surface area contributed by atoms with Crippen molar-refractivity contribution >= 4 is 5.96 Å². The fourth-order valence-corrected chi connectivity index (χ4v) is 3.76. The fraction of sp³-hybridized carbons (Fsp3) is 0.708. The summed E-state index contributed by atoms with van der Waals surface area (Å²) in [6.07, 6.45) is 3.49. The van der Waals surface area contributed by atoms with Crippen molar-refractivity contribution in [3.63, 3.8) is 0 Å². The van der Waals surface area contributed by atoms with Crippen molar-refractivity contribution in [2.45, 2.75) is 38.8 Å². The average molecular weight is 449 g/mol. The van der Waals surface area contributed by atoms with Gasteiger partial charge in [0.05, 0.1) is 32.5 Å². The molecule has 2 heterocycles. The van der Waals surface area contributed by atoms with Crippen LogP contribution in [0.3, 0.4) is 0 Å². The fourth-order valence-electron chi connectivity index (χ4n) is 3.76. The Hall–Kier alpha value is -1.87. The predicted octanol–water partition coefficient (Wildman–Crippen LogP) is 2.04. The van der Waals surface area contributed by atoms with E-state index < -0.39 is 0 Å². The van der Waals surface area contributed by atoms with Crippen LogP contribution in [0, 0.1) is 0 Å². The minimum absolute atomic E-state index is 0.290. The Morgan fingerprint density at radius 1 is 1.16 bits per heavy atom. The van der Waals surface area contributed by atoms with Crippen LogP contribution in [0.5, 0.6) is 5.75 Å². The number of aliphatic imine (C=N–C) groups is 1. The van der Waals surface area contributed by atoms with Gasteiger partial charge in [0, 0.05) is 51.5 Å². The molecule has 1 aromatic carbocycles. The maximum atomic E-state index is 6.08. The van der Waals surface area contributed by atoms with E-state index in [9.17, 15) is 0 Å². The van der Waals surface area contributed by atoms with E-state index in [1.165, 1.54) is 0 Å². The van der Waals surface area contributed by atoms with Crippen LogP contribution in [0.15, 0.2) is 29.3 Å². The smallest absolute Gasteiger partial charge is 0.191 e. The molecule has 180 valence electrons. The van der Waals surface area contributed by atoms with Crippen molar-refractivity contribution in [1.29, 1.82) is 0 Å². The number of para-hydroxylation sites is 1. The molecule has 0 aliphatic carbocycles. The van der Waals surface area contributed by atoms with Crippen LogP contribution in [-0.2, 0) is 20.8 Å². The first-order chi connectivity index (χ1) is 15.8. The zero-order valence-electron chi connectivity index (χ0n) is 19.5. The topological polar surface area (TPSA) is 76.6 Å². The van der Waals surface area contributed by atoms with Crippen molar-refractivity contribution in [2.75, 3.05) is 72.4 Å². The lowest BCUT2D eigenvalue weighted by molar-refractivity contribution is 0.0168. The van der Waals surface area contributed by atoms with Gasteiger partial charge in [0.25, 0.3) is 0 Å². The monoisotopic (exact) mass is 448 g/mol. The Morgan fingerprint density at radius 3 is 2.84 bits per heavy atom. The number of hydrogen-bond acceptors (Lipinski definition) is 6. The molecular formula is C24H40N4O4. The normalized spacial score (nSPS) is 19.8. The van der Waals surface area contributed by atoms with Crippen molar-refractivity contribution in [1.82, 2.24) is 15.5 Å². The quantitative estimate of drug-likeness (QED) is 0.272. The Bertz CT molecular complexity index is 661. The molecule has 2 aliphatic heterocycles. The van der Waals surface area contributed by atoms with Crippen LogP contribution in [0.1, 0.15) is 31.7 Å². The average Bonchev–Trinajstić information content (AvgIpc) is 3.35. The van der Waals surface area contributed by atoms with Crippen LogP contribution in [0.2, 0.25) is 0 Å². The highest BCUT2D eigenvalue weighted by atomic mass is 16.5. The molecule has 8 nitrogen and oxygen atoms in total. The van der Waals surface area contributed by atoms with E-state index in [-0.39, 0.29) is 6.10 Å². The van der Waals surface area contributed by atoms with E-state index in [2.05, 4.69) is 28.5 Å². The molecule has 8 heteroatoms. The molecule has 3 rings (SSSR count). The summed E-state index contributed by atoms with van der Waals surface area (Å²) in [6.45, 7) is 11.8. The van der Waals surface area contributed by atoms with Crippen molar-refractivity contribution < 1.29 is 18.9 Å². The molecule has 1 unspecified atom stereocenters. The van der Waals surface area contributed by atoms with Crippen molar-refractivity contribution in [3.05, 3.63) is 29.8 Å². The first-order valence-electron chi connectivity index (χ1n) is 12.1. The molecule has 0 spiro atoms. The lowest BCUT2D eigenvalue weighted by Crippen LogP contribution is -2.38. The summed E-state index contributed by atoms with van der Waals surface area (Å²) >= 11 is 0. The Morgan fingerprint density at radius 2 is 2.03 bits per heavy atom. The highest BCUT2D eigenvalue weighted by Gasteiger charge is 2.15. The van der Waals surface area contributed by atoms with Crippen molar-refractivity contribution in [2.24, 2.45) is 4.99 Å². The summed E-state index contributed by atoms with van der Waals surface area (Å²) in [7, 11) is 0. The SMILES string of the molecule is CCNC(=NCc1ccccc1OCCN1CCOCC1)NCCCOCC1CCCO1. The van der Waals surface area contributed by atoms with Gasteiger partial charge < -0.3 is 29.6 Å².